The Kier molecular flexibility index (Phi) is 5.60. The molecule has 0 radical (unpaired) electrons. The molecule has 0 saturated carbocycles. The summed E-state index contributed by atoms with van der Waals surface area (Å²) < 4.78 is 2.15. The fourth-order valence-electron chi connectivity index (χ4n) is 3.73. The molecule has 3 heterocycles. The summed E-state index contributed by atoms with van der Waals surface area (Å²) in [5, 5.41) is 8.60. The van der Waals surface area contributed by atoms with Gasteiger partial charge in [0.05, 0.1) is 5.92 Å². The van der Waals surface area contributed by atoms with E-state index in [1.807, 2.05) is 23.9 Å². The lowest BCUT2D eigenvalue weighted by Gasteiger charge is -2.24. The highest BCUT2D eigenvalue weighted by molar-refractivity contribution is 5.89. The normalized spacial score (nSPS) is 20.8. The van der Waals surface area contributed by atoms with Crippen molar-refractivity contribution >= 4 is 11.8 Å². The summed E-state index contributed by atoms with van der Waals surface area (Å²) in [5.74, 6) is 2.25. The van der Waals surface area contributed by atoms with E-state index in [-0.39, 0.29) is 17.7 Å². The van der Waals surface area contributed by atoms with E-state index in [9.17, 15) is 9.59 Å². The van der Waals surface area contributed by atoms with E-state index < -0.39 is 0 Å². The molecule has 0 unspecified atom stereocenters. The van der Waals surface area contributed by atoms with Crippen LogP contribution in [0.25, 0.3) is 0 Å². The smallest absolute Gasteiger partial charge is 0.228 e. The number of aromatic nitrogens is 3. The molecular formula is C18H30N6O2. The van der Waals surface area contributed by atoms with Crippen molar-refractivity contribution in [1.29, 1.82) is 0 Å². The molecule has 0 N–H and O–H groups in total. The quantitative estimate of drug-likeness (QED) is 0.748. The second-order valence-electron chi connectivity index (χ2n) is 7.90. The van der Waals surface area contributed by atoms with Crippen molar-refractivity contribution in [2.75, 3.05) is 46.8 Å². The Morgan fingerprint density at radius 3 is 2.69 bits per heavy atom. The predicted molar refractivity (Wildman–Crippen MR) is 97.6 cm³/mol. The maximum absolute atomic E-state index is 13.0. The van der Waals surface area contributed by atoms with Crippen LogP contribution in [0.4, 0.5) is 0 Å². The third-order valence-electron chi connectivity index (χ3n) is 5.26. The second kappa shape index (κ2) is 7.73. The maximum Gasteiger partial charge on any atom is 0.228 e. The number of fused-ring (bicyclic) bond motifs is 1. The Morgan fingerprint density at radius 2 is 2.00 bits per heavy atom. The number of nitrogens with zero attached hydrogens (tertiary/aromatic N) is 6. The van der Waals surface area contributed by atoms with E-state index in [1.165, 1.54) is 0 Å². The molecule has 2 aliphatic rings. The summed E-state index contributed by atoms with van der Waals surface area (Å²) in [4.78, 5) is 31.0. The third kappa shape index (κ3) is 3.90. The average Bonchev–Trinajstić information content (AvgIpc) is 3.10. The molecule has 1 aromatic heterocycles. The first-order valence-electron chi connectivity index (χ1n) is 9.50. The molecule has 0 aliphatic carbocycles. The molecule has 0 bridgehead atoms. The highest BCUT2D eigenvalue weighted by Crippen LogP contribution is 2.22. The van der Waals surface area contributed by atoms with Crippen LogP contribution in [0.5, 0.6) is 0 Å². The molecular weight excluding hydrogens is 332 g/mol. The minimum atomic E-state index is -0.210. The summed E-state index contributed by atoms with van der Waals surface area (Å²) in [7, 11) is 3.98. The molecule has 2 aliphatic heterocycles. The van der Waals surface area contributed by atoms with Gasteiger partial charge >= 0.3 is 0 Å². The van der Waals surface area contributed by atoms with Crippen molar-refractivity contribution in [2.24, 2.45) is 5.92 Å². The third-order valence-corrected chi connectivity index (χ3v) is 5.26. The first-order valence-corrected chi connectivity index (χ1v) is 9.50. The molecule has 144 valence electrons. The maximum atomic E-state index is 13.0. The number of hydrogen-bond acceptors (Lipinski definition) is 5. The van der Waals surface area contributed by atoms with Gasteiger partial charge in [-0.15, -0.1) is 10.2 Å². The van der Waals surface area contributed by atoms with Crippen molar-refractivity contribution in [3.8, 4) is 0 Å². The molecule has 1 aromatic rings. The van der Waals surface area contributed by atoms with Gasteiger partial charge in [0.25, 0.3) is 0 Å². The minimum Gasteiger partial charge on any atom is -0.341 e. The highest BCUT2D eigenvalue weighted by Gasteiger charge is 2.36. The largest absolute Gasteiger partial charge is 0.341 e. The fourth-order valence-corrected chi connectivity index (χ4v) is 3.73. The monoisotopic (exact) mass is 362 g/mol. The van der Waals surface area contributed by atoms with Crippen molar-refractivity contribution in [3.63, 3.8) is 0 Å². The van der Waals surface area contributed by atoms with Crippen molar-refractivity contribution in [1.82, 2.24) is 29.5 Å². The van der Waals surface area contributed by atoms with Crippen LogP contribution in [0.3, 0.4) is 0 Å². The molecule has 1 atom stereocenters. The number of likely N-dealkylation sites (tertiary alicyclic amines) is 1. The lowest BCUT2D eigenvalue weighted by atomic mass is 10.1. The molecule has 1 fully saturated rings. The highest BCUT2D eigenvalue weighted by atomic mass is 16.2. The van der Waals surface area contributed by atoms with E-state index >= 15 is 0 Å². The molecule has 3 rings (SSSR count). The van der Waals surface area contributed by atoms with E-state index in [4.69, 9.17) is 0 Å². The summed E-state index contributed by atoms with van der Waals surface area (Å²) in [6.45, 7) is 8.31. The van der Waals surface area contributed by atoms with Gasteiger partial charge in [0.15, 0.2) is 0 Å². The Bertz CT molecular complexity index is 669. The average molecular weight is 362 g/mol. The van der Waals surface area contributed by atoms with E-state index in [0.717, 1.165) is 31.2 Å². The van der Waals surface area contributed by atoms with Gasteiger partial charge in [0, 0.05) is 58.0 Å². The molecule has 1 saturated heterocycles. The molecule has 8 nitrogen and oxygen atoms in total. The van der Waals surface area contributed by atoms with Crippen LogP contribution in [0.15, 0.2) is 0 Å². The Morgan fingerprint density at radius 1 is 1.23 bits per heavy atom. The standard InChI is InChI=1S/C18H30N6O2/c1-13(2)17-20-19-15-5-6-22(9-10-24(15)17)18(26)14-11-16(25)23(12-14)8-7-21(3)4/h13-14H,5-12H2,1-4H3/t14-/m0/s1. The zero-order chi connectivity index (χ0) is 18.8. The van der Waals surface area contributed by atoms with Crippen molar-refractivity contribution in [2.45, 2.75) is 39.2 Å². The fraction of sp³-hybridized carbons (Fsp3) is 0.778. The molecule has 2 amide bonds. The number of rotatable bonds is 5. The van der Waals surface area contributed by atoms with E-state index in [0.29, 0.717) is 38.5 Å². The molecule has 26 heavy (non-hydrogen) atoms. The number of amides is 2. The summed E-state index contributed by atoms with van der Waals surface area (Å²) in [6.07, 6.45) is 1.06. The van der Waals surface area contributed by atoms with E-state index in [1.54, 1.807) is 0 Å². The Hall–Kier alpha value is -1.96. The van der Waals surface area contributed by atoms with Gasteiger partial charge in [0.1, 0.15) is 11.6 Å². The van der Waals surface area contributed by atoms with Crippen LogP contribution < -0.4 is 0 Å². The topological polar surface area (TPSA) is 74.6 Å². The number of carbonyl (C=O) groups is 2. The van der Waals surface area contributed by atoms with Gasteiger partial charge in [0.2, 0.25) is 11.8 Å². The van der Waals surface area contributed by atoms with Gasteiger partial charge in [-0.05, 0) is 14.1 Å². The van der Waals surface area contributed by atoms with Crippen LogP contribution in [0.1, 0.15) is 37.8 Å². The molecule has 0 spiro atoms. The first-order chi connectivity index (χ1) is 12.4. The lowest BCUT2D eigenvalue weighted by molar-refractivity contribution is -0.135. The van der Waals surface area contributed by atoms with Crippen molar-refractivity contribution in [3.05, 3.63) is 11.6 Å². The van der Waals surface area contributed by atoms with Crippen LogP contribution in [-0.2, 0) is 22.6 Å². The summed E-state index contributed by atoms with van der Waals surface area (Å²) in [6, 6.07) is 0. The molecule has 0 aromatic carbocycles. The van der Waals surface area contributed by atoms with Gasteiger partial charge in [-0.3, -0.25) is 9.59 Å². The van der Waals surface area contributed by atoms with Gasteiger partial charge < -0.3 is 19.3 Å². The van der Waals surface area contributed by atoms with Crippen molar-refractivity contribution < 1.29 is 9.59 Å². The summed E-state index contributed by atoms with van der Waals surface area (Å²) in [5.41, 5.74) is 0. The first kappa shape index (κ1) is 18.8. The number of carbonyl (C=O) groups excluding carboxylic acids is 2. The number of likely N-dealkylation sites (N-methyl/N-ethyl adjacent to an activating group) is 1. The minimum absolute atomic E-state index is 0.0965. The van der Waals surface area contributed by atoms with Crippen LogP contribution >= 0.6 is 0 Å². The van der Waals surface area contributed by atoms with Gasteiger partial charge in [-0.1, -0.05) is 13.8 Å². The van der Waals surface area contributed by atoms with Gasteiger partial charge in [-0.25, -0.2) is 0 Å². The van der Waals surface area contributed by atoms with E-state index in [2.05, 4.69) is 33.5 Å². The Labute approximate surface area is 155 Å². The predicted octanol–water partition coefficient (Wildman–Crippen LogP) is 0.196. The lowest BCUT2D eigenvalue weighted by Crippen LogP contribution is -2.40. The Balaban J connectivity index is 1.60. The van der Waals surface area contributed by atoms with Crippen LogP contribution in [0.2, 0.25) is 0 Å². The van der Waals surface area contributed by atoms with Gasteiger partial charge in [-0.2, -0.15) is 0 Å². The zero-order valence-electron chi connectivity index (χ0n) is 16.3. The summed E-state index contributed by atoms with van der Waals surface area (Å²) >= 11 is 0. The number of hydrogen-bond donors (Lipinski definition) is 0. The van der Waals surface area contributed by atoms with Crippen LogP contribution in [-0.4, -0.2) is 88.1 Å². The second-order valence-corrected chi connectivity index (χ2v) is 7.90. The zero-order valence-corrected chi connectivity index (χ0v) is 16.3. The van der Waals surface area contributed by atoms with Crippen LogP contribution in [0, 0.1) is 5.92 Å². The SMILES string of the molecule is CC(C)c1nnc2n1CCN(C(=O)[C@H]1CC(=O)N(CCN(C)C)C1)CC2. The molecule has 8 heteroatoms.